The first kappa shape index (κ1) is 15.8. The number of Topliss-reactive ketones (excluding diaryl/α,β-unsaturated/α-hetero) is 1. The predicted octanol–water partition coefficient (Wildman–Crippen LogP) is 2.44. The topological polar surface area (TPSA) is 81.3 Å². The van der Waals surface area contributed by atoms with Crippen LogP contribution >= 0.6 is 0 Å². The van der Waals surface area contributed by atoms with E-state index in [1.165, 1.54) is 15.4 Å². The molecule has 6 heteroatoms. The van der Waals surface area contributed by atoms with Crippen molar-refractivity contribution in [2.75, 3.05) is 0 Å². The van der Waals surface area contributed by atoms with Crippen LogP contribution in [0.5, 0.6) is 5.75 Å². The summed E-state index contributed by atoms with van der Waals surface area (Å²) in [6.07, 6.45) is 1.61. The van der Waals surface area contributed by atoms with Crippen LogP contribution in [-0.2, 0) is 4.79 Å². The molecule has 0 saturated carbocycles. The molecule has 0 radical (unpaired) electrons. The number of allylic oxidation sites excluding steroid dienone is 2. The zero-order valence-electron chi connectivity index (χ0n) is 14.4. The molecular weight excluding hydrogens is 344 g/mol. The van der Waals surface area contributed by atoms with Gasteiger partial charge in [0.1, 0.15) is 11.8 Å². The van der Waals surface area contributed by atoms with E-state index in [0.717, 1.165) is 0 Å². The Kier molecular flexibility index (Phi) is 3.25. The van der Waals surface area contributed by atoms with Crippen LogP contribution in [0.4, 0.5) is 0 Å². The lowest BCUT2D eigenvalue weighted by molar-refractivity contribution is -0.116. The highest BCUT2D eigenvalue weighted by Gasteiger charge is 2.40. The molecule has 0 fully saturated rings. The lowest BCUT2D eigenvalue weighted by Gasteiger charge is -2.19. The van der Waals surface area contributed by atoms with E-state index in [1.807, 2.05) is 0 Å². The summed E-state index contributed by atoms with van der Waals surface area (Å²) >= 11 is 0. The first-order valence-electron chi connectivity index (χ1n) is 8.90. The van der Waals surface area contributed by atoms with Gasteiger partial charge in [-0.2, -0.15) is 0 Å². The first-order chi connectivity index (χ1) is 13.1. The summed E-state index contributed by atoms with van der Waals surface area (Å²) in [6.45, 7) is 0. The fourth-order valence-electron chi connectivity index (χ4n) is 4.27. The van der Waals surface area contributed by atoms with Crippen molar-refractivity contribution in [3.63, 3.8) is 0 Å². The molecular formula is C21H16N2O4. The Labute approximate surface area is 153 Å². The van der Waals surface area contributed by atoms with Crippen molar-refractivity contribution in [2.24, 2.45) is 0 Å². The van der Waals surface area contributed by atoms with Gasteiger partial charge in [-0.15, -0.1) is 0 Å². The number of ketones is 1. The molecule has 1 aliphatic carbocycles. The quantitative estimate of drug-likeness (QED) is 0.723. The smallest absolute Gasteiger partial charge is 0.277 e. The average Bonchev–Trinajstić information content (AvgIpc) is 3.03. The van der Waals surface area contributed by atoms with Gasteiger partial charge in [0.05, 0.1) is 16.5 Å². The van der Waals surface area contributed by atoms with Gasteiger partial charge in [0, 0.05) is 12.0 Å². The number of phenolic OH excluding ortho intramolecular Hbond substituents is 1. The Morgan fingerprint density at radius 2 is 1.63 bits per heavy atom. The maximum atomic E-state index is 13.3. The van der Waals surface area contributed by atoms with Crippen molar-refractivity contribution < 1.29 is 9.90 Å². The van der Waals surface area contributed by atoms with E-state index < -0.39 is 6.04 Å². The number of benzene rings is 2. The summed E-state index contributed by atoms with van der Waals surface area (Å²) in [7, 11) is 0. The molecule has 0 saturated heterocycles. The van der Waals surface area contributed by atoms with E-state index in [4.69, 9.17) is 0 Å². The van der Waals surface area contributed by atoms with Gasteiger partial charge >= 0.3 is 0 Å². The van der Waals surface area contributed by atoms with Crippen LogP contribution < -0.4 is 11.1 Å². The molecule has 5 rings (SSSR count). The van der Waals surface area contributed by atoms with E-state index in [0.29, 0.717) is 46.9 Å². The Bertz CT molecular complexity index is 1280. The number of hydrogen-bond donors (Lipinski definition) is 1. The molecule has 0 spiro atoms. The molecule has 27 heavy (non-hydrogen) atoms. The fraction of sp³-hybridized carbons (Fsp3) is 0.190. The van der Waals surface area contributed by atoms with Crippen molar-refractivity contribution >= 4 is 22.3 Å². The average molecular weight is 360 g/mol. The number of hydrogen-bond acceptors (Lipinski definition) is 4. The Balaban J connectivity index is 1.94. The third-order valence-corrected chi connectivity index (χ3v) is 5.39. The second kappa shape index (κ2) is 5.54. The molecule has 6 nitrogen and oxygen atoms in total. The Morgan fingerprint density at radius 3 is 2.37 bits per heavy atom. The molecule has 2 heterocycles. The molecule has 1 N–H and O–H groups in total. The zero-order valence-corrected chi connectivity index (χ0v) is 14.4. The normalized spacial score (nSPS) is 18.7. The maximum Gasteiger partial charge on any atom is 0.277 e. The molecule has 1 atom stereocenters. The minimum Gasteiger partial charge on any atom is -0.508 e. The van der Waals surface area contributed by atoms with Gasteiger partial charge in [0.15, 0.2) is 5.78 Å². The van der Waals surface area contributed by atoms with Gasteiger partial charge in [0.25, 0.3) is 11.1 Å². The van der Waals surface area contributed by atoms with Crippen molar-refractivity contribution in [3.8, 4) is 5.75 Å². The highest BCUT2D eigenvalue weighted by atomic mass is 16.3. The van der Waals surface area contributed by atoms with Gasteiger partial charge < -0.3 is 5.11 Å². The molecule has 1 unspecified atom stereocenters. The lowest BCUT2D eigenvalue weighted by Crippen LogP contribution is -2.37. The van der Waals surface area contributed by atoms with E-state index in [1.54, 1.807) is 42.5 Å². The summed E-state index contributed by atoms with van der Waals surface area (Å²) in [4.78, 5) is 39.3. The van der Waals surface area contributed by atoms with E-state index >= 15 is 0 Å². The number of nitrogens with zero attached hydrogens (tertiary/aromatic N) is 2. The molecule has 1 aromatic heterocycles. The van der Waals surface area contributed by atoms with Gasteiger partial charge in [-0.1, -0.05) is 24.3 Å². The fourth-order valence-corrected chi connectivity index (χ4v) is 4.27. The number of aromatic hydroxyl groups is 1. The van der Waals surface area contributed by atoms with Crippen molar-refractivity contribution in [3.05, 3.63) is 80.4 Å². The second-order valence-electron chi connectivity index (χ2n) is 6.95. The minimum atomic E-state index is -0.704. The van der Waals surface area contributed by atoms with Gasteiger partial charge in [0.2, 0.25) is 0 Å². The summed E-state index contributed by atoms with van der Waals surface area (Å²) < 4.78 is 2.76. The molecule has 134 valence electrons. The maximum absolute atomic E-state index is 13.3. The number of phenols is 1. The summed E-state index contributed by atoms with van der Waals surface area (Å²) in [6, 6.07) is 12.5. The first-order valence-corrected chi connectivity index (χ1v) is 8.90. The third-order valence-electron chi connectivity index (χ3n) is 5.39. The Morgan fingerprint density at radius 1 is 0.889 bits per heavy atom. The van der Waals surface area contributed by atoms with Gasteiger partial charge in [-0.25, -0.2) is 9.36 Å². The predicted molar refractivity (Wildman–Crippen MR) is 101 cm³/mol. The van der Waals surface area contributed by atoms with Crippen molar-refractivity contribution in [1.29, 1.82) is 0 Å². The van der Waals surface area contributed by atoms with Crippen molar-refractivity contribution in [1.82, 2.24) is 9.36 Å². The van der Waals surface area contributed by atoms with E-state index in [-0.39, 0.29) is 22.7 Å². The standard InChI is InChI=1S/C21H16N2O4/c24-13-6-3-5-12(11-13)19-18-16(9-4-10-17(18)25)22-20(26)14-7-1-2-8-15(14)21(27)23(19)22/h1-3,5-8,11,19,24H,4,9-10H2. The molecule has 2 aliphatic rings. The number of carbonyl (C=O) groups excluding carboxylic acids is 1. The molecule has 2 aromatic carbocycles. The number of rotatable bonds is 1. The molecule has 1 aliphatic heterocycles. The highest BCUT2D eigenvalue weighted by Crippen LogP contribution is 2.41. The number of aromatic nitrogens is 2. The summed E-state index contributed by atoms with van der Waals surface area (Å²) in [5.41, 5.74) is 1.09. The molecule has 0 amide bonds. The van der Waals surface area contributed by atoms with Crippen LogP contribution in [0.25, 0.3) is 16.5 Å². The molecule has 0 bridgehead atoms. The van der Waals surface area contributed by atoms with Gasteiger partial charge in [-0.05, 0) is 42.7 Å². The van der Waals surface area contributed by atoms with E-state index in [2.05, 4.69) is 0 Å². The van der Waals surface area contributed by atoms with Crippen LogP contribution in [0.2, 0.25) is 0 Å². The van der Waals surface area contributed by atoms with Gasteiger partial charge in [-0.3, -0.25) is 14.4 Å². The Hall–Kier alpha value is -3.41. The number of carbonyl (C=O) groups is 1. The summed E-state index contributed by atoms with van der Waals surface area (Å²) in [5, 5.41) is 10.6. The third kappa shape index (κ3) is 2.10. The largest absolute Gasteiger partial charge is 0.508 e. The van der Waals surface area contributed by atoms with Crippen LogP contribution in [0.1, 0.15) is 30.9 Å². The van der Waals surface area contributed by atoms with Crippen LogP contribution in [0, 0.1) is 0 Å². The minimum absolute atomic E-state index is 0.0487. The lowest BCUT2D eigenvalue weighted by atomic mass is 9.88. The highest BCUT2D eigenvalue weighted by molar-refractivity contribution is 6.04. The van der Waals surface area contributed by atoms with E-state index in [9.17, 15) is 19.5 Å². The summed E-state index contributed by atoms with van der Waals surface area (Å²) in [5.74, 6) is -0.00353. The van der Waals surface area contributed by atoms with Crippen molar-refractivity contribution in [2.45, 2.75) is 25.3 Å². The van der Waals surface area contributed by atoms with Crippen LogP contribution in [0.3, 0.4) is 0 Å². The van der Waals surface area contributed by atoms with Crippen LogP contribution in [-0.4, -0.2) is 20.3 Å². The number of fused-ring (bicyclic) bond motifs is 3. The SMILES string of the molecule is O=C1CCCC2=C1C(c1cccc(O)c1)n1c(=O)c3ccccc3c(=O)n12. The zero-order chi connectivity index (χ0) is 18.7. The monoisotopic (exact) mass is 360 g/mol. The molecule has 3 aromatic rings. The second-order valence-corrected chi connectivity index (χ2v) is 6.95. The van der Waals surface area contributed by atoms with Crippen LogP contribution in [0.15, 0.2) is 63.7 Å².